The van der Waals surface area contributed by atoms with Gasteiger partial charge < -0.3 is 14.5 Å². The Bertz CT molecular complexity index is 904. The highest BCUT2D eigenvalue weighted by Crippen LogP contribution is 2.22. The van der Waals surface area contributed by atoms with Gasteiger partial charge in [-0.05, 0) is 43.3 Å². The molecule has 0 aliphatic carbocycles. The molecule has 0 atom stereocenters. The molecule has 0 fully saturated rings. The Kier molecular flexibility index (Phi) is 5.31. The van der Waals surface area contributed by atoms with Gasteiger partial charge in [-0.1, -0.05) is 12.1 Å². The van der Waals surface area contributed by atoms with Crippen molar-refractivity contribution in [2.75, 3.05) is 13.7 Å². The van der Waals surface area contributed by atoms with Gasteiger partial charge >= 0.3 is 0 Å². The quantitative estimate of drug-likeness (QED) is 0.732. The molecule has 6 heteroatoms. The third-order valence-electron chi connectivity index (χ3n) is 3.98. The van der Waals surface area contributed by atoms with Crippen LogP contribution in [0, 0.1) is 12.7 Å². The van der Waals surface area contributed by atoms with Crippen LogP contribution in [0.1, 0.15) is 21.8 Å². The first kappa shape index (κ1) is 17.7. The van der Waals surface area contributed by atoms with E-state index in [1.807, 2.05) is 13.0 Å². The Balaban J connectivity index is 1.63. The van der Waals surface area contributed by atoms with Crippen LogP contribution in [0.25, 0.3) is 11.5 Å². The minimum atomic E-state index is -0.309. The second kappa shape index (κ2) is 7.82. The highest BCUT2D eigenvalue weighted by atomic mass is 19.1. The monoisotopic (exact) mass is 354 g/mol. The molecule has 1 aromatic heterocycles. The largest absolute Gasteiger partial charge is 0.496 e. The number of hydrogen-bond acceptors (Lipinski definition) is 4. The molecular formula is C20H19FN2O3. The average molecular weight is 354 g/mol. The van der Waals surface area contributed by atoms with Gasteiger partial charge in [0.05, 0.1) is 18.4 Å². The van der Waals surface area contributed by atoms with Crippen molar-refractivity contribution in [3.63, 3.8) is 0 Å². The van der Waals surface area contributed by atoms with Crippen LogP contribution in [0.5, 0.6) is 5.75 Å². The van der Waals surface area contributed by atoms with Crippen LogP contribution in [0.4, 0.5) is 4.39 Å². The summed E-state index contributed by atoms with van der Waals surface area (Å²) in [6.45, 7) is 2.23. The van der Waals surface area contributed by atoms with E-state index in [1.165, 1.54) is 19.2 Å². The molecule has 1 N–H and O–H groups in total. The lowest BCUT2D eigenvalue weighted by Crippen LogP contribution is -2.26. The molecule has 5 nitrogen and oxygen atoms in total. The number of benzene rings is 2. The Morgan fingerprint density at radius 3 is 2.65 bits per heavy atom. The number of nitrogens with one attached hydrogen (secondary N) is 1. The summed E-state index contributed by atoms with van der Waals surface area (Å²) in [6, 6.07) is 13.0. The van der Waals surface area contributed by atoms with Crippen molar-refractivity contribution in [3.05, 3.63) is 71.4 Å². The van der Waals surface area contributed by atoms with E-state index < -0.39 is 0 Å². The summed E-state index contributed by atoms with van der Waals surface area (Å²) in [7, 11) is 1.53. The highest BCUT2D eigenvalue weighted by molar-refractivity contribution is 5.96. The minimum absolute atomic E-state index is 0.206. The normalized spacial score (nSPS) is 10.6. The summed E-state index contributed by atoms with van der Waals surface area (Å²) in [5.41, 5.74) is 1.95. The van der Waals surface area contributed by atoms with E-state index in [2.05, 4.69) is 10.3 Å². The van der Waals surface area contributed by atoms with Crippen LogP contribution in [-0.4, -0.2) is 24.5 Å². The first-order valence-electron chi connectivity index (χ1n) is 8.22. The molecule has 0 spiro atoms. The highest BCUT2D eigenvalue weighted by Gasteiger charge is 2.14. The zero-order chi connectivity index (χ0) is 18.5. The third kappa shape index (κ3) is 3.91. The summed E-state index contributed by atoms with van der Waals surface area (Å²) >= 11 is 0. The Hall–Kier alpha value is -3.15. The van der Waals surface area contributed by atoms with Crippen molar-refractivity contribution in [3.8, 4) is 17.2 Å². The zero-order valence-electron chi connectivity index (χ0n) is 14.6. The van der Waals surface area contributed by atoms with Crippen LogP contribution in [0.15, 0.2) is 52.9 Å². The van der Waals surface area contributed by atoms with Crippen molar-refractivity contribution in [1.82, 2.24) is 10.3 Å². The predicted octanol–water partition coefficient (Wildman–Crippen LogP) is 3.77. The number of halogens is 1. The molecule has 3 aromatic rings. The first-order chi connectivity index (χ1) is 12.6. The van der Waals surface area contributed by atoms with Gasteiger partial charge in [-0.15, -0.1) is 0 Å². The first-order valence-corrected chi connectivity index (χ1v) is 8.22. The van der Waals surface area contributed by atoms with E-state index in [4.69, 9.17) is 9.15 Å². The maximum absolute atomic E-state index is 13.0. The van der Waals surface area contributed by atoms with Crippen molar-refractivity contribution in [1.29, 1.82) is 0 Å². The number of oxazole rings is 1. The number of nitrogens with zero attached hydrogens (tertiary/aromatic N) is 1. The van der Waals surface area contributed by atoms with E-state index in [0.717, 1.165) is 5.69 Å². The minimum Gasteiger partial charge on any atom is -0.496 e. The standard InChI is InChI=1S/C20H19FN2O3/c1-13-17(23-20(26-13)14-7-9-15(21)10-8-14)11-12-22-19(24)16-5-3-4-6-18(16)25-2/h3-10H,11-12H2,1-2H3,(H,22,24). The lowest BCUT2D eigenvalue weighted by molar-refractivity contribution is 0.0951. The van der Waals surface area contributed by atoms with Gasteiger partial charge in [0.25, 0.3) is 5.91 Å². The molecule has 0 radical (unpaired) electrons. The molecule has 0 unspecified atom stereocenters. The molecule has 1 heterocycles. The van der Waals surface area contributed by atoms with Crippen LogP contribution in [-0.2, 0) is 6.42 Å². The number of carbonyl (C=O) groups excluding carboxylic acids is 1. The number of methoxy groups -OCH3 is 1. The van der Waals surface area contributed by atoms with Crippen LogP contribution >= 0.6 is 0 Å². The second-order valence-corrected chi connectivity index (χ2v) is 5.73. The lowest BCUT2D eigenvalue weighted by Gasteiger charge is -2.08. The number of carbonyl (C=O) groups is 1. The topological polar surface area (TPSA) is 64.4 Å². The van der Waals surface area contributed by atoms with Gasteiger partial charge in [0, 0.05) is 18.5 Å². The molecule has 2 aromatic carbocycles. The molecule has 0 saturated carbocycles. The number of para-hydroxylation sites is 1. The fourth-order valence-electron chi connectivity index (χ4n) is 2.60. The van der Waals surface area contributed by atoms with Crippen molar-refractivity contribution in [2.45, 2.75) is 13.3 Å². The summed E-state index contributed by atoms with van der Waals surface area (Å²) in [5.74, 6) is 1.13. The van der Waals surface area contributed by atoms with Crippen LogP contribution in [0.3, 0.4) is 0 Å². The van der Waals surface area contributed by atoms with E-state index in [1.54, 1.807) is 30.3 Å². The van der Waals surface area contributed by atoms with E-state index >= 15 is 0 Å². The van der Waals surface area contributed by atoms with E-state index in [-0.39, 0.29) is 11.7 Å². The summed E-state index contributed by atoms with van der Waals surface area (Å²) in [6.07, 6.45) is 0.525. The van der Waals surface area contributed by atoms with Gasteiger partial charge in [-0.3, -0.25) is 4.79 Å². The Morgan fingerprint density at radius 1 is 1.19 bits per heavy atom. The van der Waals surface area contributed by atoms with E-state index in [9.17, 15) is 9.18 Å². The molecule has 0 bridgehead atoms. The molecule has 1 amide bonds. The lowest BCUT2D eigenvalue weighted by atomic mass is 10.2. The number of aryl methyl sites for hydroxylation is 1. The molecule has 0 saturated heterocycles. The van der Waals surface area contributed by atoms with Gasteiger partial charge in [0.1, 0.15) is 17.3 Å². The molecule has 134 valence electrons. The molecule has 26 heavy (non-hydrogen) atoms. The predicted molar refractivity (Wildman–Crippen MR) is 95.7 cm³/mol. The number of aromatic nitrogens is 1. The number of ether oxygens (including phenoxy) is 1. The summed E-state index contributed by atoms with van der Waals surface area (Å²) in [5, 5.41) is 2.86. The van der Waals surface area contributed by atoms with Crippen molar-refractivity contribution < 1.29 is 18.3 Å². The summed E-state index contributed by atoms with van der Waals surface area (Å²) < 4.78 is 23.9. The fourth-order valence-corrected chi connectivity index (χ4v) is 2.60. The Morgan fingerprint density at radius 2 is 1.92 bits per heavy atom. The van der Waals surface area contributed by atoms with Gasteiger partial charge in [-0.2, -0.15) is 0 Å². The van der Waals surface area contributed by atoms with Crippen LogP contribution in [0.2, 0.25) is 0 Å². The van der Waals surface area contributed by atoms with Crippen LogP contribution < -0.4 is 10.1 Å². The molecule has 3 rings (SSSR count). The molecule has 0 aliphatic heterocycles. The maximum atomic E-state index is 13.0. The zero-order valence-corrected chi connectivity index (χ0v) is 14.6. The number of rotatable bonds is 6. The summed E-state index contributed by atoms with van der Waals surface area (Å²) in [4.78, 5) is 16.7. The third-order valence-corrected chi connectivity index (χ3v) is 3.98. The smallest absolute Gasteiger partial charge is 0.255 e. The van der Waals surface area contributed by atoms with Gasteiger partial charge in [0.2, 0.25) is 5.89 Å². The fraction of sp³-hybridized carbons (Fsp3) is 0.200. The van der Waals surface area contributed by atoms with Gasteiger partial charge in [0.15, 0.2) is 0 Å². The van der Waals surface area contributed by atoms with Crippen molar-refractivity contribution >= 4 is 5.91 Å². The van der Waals surface area contributed by atoms with E-state index in [0.29, 0.717) is 41.5 Å². The molecule has 0 aliphatic rings. The SMILES string of the molecule is COc1ccccc1C(=O)NCCc1nc(-c2ccc(F)cc2)oc1C. The Labute approximate surface area is 150 Å². The second-order valence-electron chi connectivity index (χ2n) is 5.73. The number of amides is 1. The molecular weight excluding hydrogens is 335 g/mol. The van der Waals surface area contributed by atoms with Crippen molar-refractivity contribution in [2.24, 2.45) is 0 Å². The average Bonchev–Trinajstić information content (AvgIpc) is 3.03. The number of hydrogen-bond donors (Lipinski definition) is 1. The maximum Gasteiger partial charge on any atom is 0.255 e. The van der Waals surface area contributed by atoms with Gasteiger partial charge in [-0.25, -0.2) is 9.37 Å².